The molecule has 2 rings (SSSR count). The molecule has 14 heavy (non-hydrogen) atoms. The molecule has 0 amide bonds. The van der Waals surface area contributed by atoms with Crippen molar-refractivity contribution in [1.82, 2.24) is 0 Å². The van der Waals surface area contributed by atoms with Gasteiger partial charge in [-0.1, -0.05) is 25.3 Å². The minimum atomic E-state index is -0.495. The first-order valence-electron chi connectivity index (χ1n) is 6.10. The Morgan fingerprint density at radius 3 is 2.64 bits per heavy atom. The van der Waals surface area contributed by atoms with Gasteiger partial charge in [0, 0.05) is 0 Å². The van der Waals surface area contributed by atoms with Crippen molar-refractivity contribution in [2.45, 2.75) is 63.9 Å². The third-order valence-corrected chi connectivity index (χ3v) is 3.89. The van der Waals surface area contributed by atoms with E-state index in [-0.39, 0.29) is 0 Å². The fourth-order valence-electron chi connectivity index (χ4n) is 2.72. The SMILES string of the molecule is CC(O)(CC1CCC1)C1=CCCCC1. The van der Waals surface area contributed by atoms with Crippen molar-refractivity contribution < 1.29 is 5.11 Å². The second-order valence-corrected chi connectivity index (χ2v) is 5.25. The molecule has 1 saturated carbocycles. The molecule has 0 aromatic rings. The maximum atomic E-state index is 10.4. The van der Waals surface area contributed by atoms with Gasteiger partial charge in [0.2, 0.25) is 0 Å². The molecule has 0 spiro atoms. The molecule has 2 aliphatic rings. The van der Waals surface area contributed by atoms with Crippen molar-refractivity contribution in [2.24, 2.45) is 5.92 Å². The lowest BCUT2D eigenvalue weighted by Gasteiger charge is -2.36. The highest BCUT2D eigenvalue weighted by molar-refractivity contribution is 5.17. The highest BCUT2D eigenvalue weighted by atomic mass is 16.3. The second kappa shape index (κ2) is 4.06. The lowest BCUT2D eigenvalue weighted by molar-refractivity contribution is 0.0487. The largest absolute Gasteiger partial charge is 0.386 e. The fraction of sp³-hybridized carbons (Fsp3) is 0.846. The Morgan fingerprint density at radius 2 is 2.14 bits per heavy atom. The molecule has 0 bridgehead atoms. The van der Waals surface area contributed by atoms with Gasteiger partial charge in [-0.25, -0.2) is 0 Å². The molecular formula is C13H22O. The molecule has 1 unspecified atom stereocenters. The first-order valence-corrected chi connectivity index (χ1v) is 6.10. The van der Waals surface area contributed by atoms with Crippen LogP contribution in [0.5, 0.6) is 0 Å². The third kappa shape index (κ3) is 2.20. The lowest BCUT2D eigenvalue weighted by atomic mass is 9.74. The first-order chi connectivity index (χ1) is 6.68. The van der Waals surface area contributed by atoms with Gasteiger partial charge < -0.3 is 5.11 Å². The van der Waals surface area contributed by atoms with Gasteiger partial charge in [-0.3, -0.25) is 0 Å². The average molecular weight is 194 g/mol. The minimum absolute atomic E-state index is 0.495. The van der Waals surface area contributed by atoms with Crippen LogP contribution >= 0.6 is 0 Å². The number of hydrogen-bond acceptors (Lipinski definition) is 1. The normalized spacial score (nSPS) is 27.7. The topological polar surface area (TPSA) is 20.2 Å². The maximum absolute atomic E-state index is 10.4. The Labute approximate surface area is 87.2 Å². The van der Waals surface area contributed by atoms with E-state index in [2.05, 4.69) is 6.08 Å². The van der Waals surface area contributed by atoms with E-state index in [9.17, 15) is 5.11 Å². The zero-order valence-corrected chi connectivity index (χ0v) is 9.26. The van der Waals surface area contributed by atoms with Crippen LogP contribution < -0.4 is 0 Å². The monoisotopic (exact) mass is 194 g/mol. The molecule has 0 heterocycles. The van der Waals surface area contributed by atoms with Crippen LogP contribution in [0, 0.1) is 5.92 Å². The van der Waals surface area contributed by atoms with Gasteiger partial charge in [0.1, 0.15) is 0 Å². The van der Waals surface area contributed by atoms with Crippen LogP contribution in [0.4, 0.5) is 0 Å². The molecule has 0 aliphatic heterocycles. The van der Waals surface area contributed by atoms with E-state index in [1.165, 1.54) is 44.1 Å². The number of hydrogen-bond donors (Lipinski definition) is 1. The zero-order valence-electron chi connectivity index (χ0n) is 9.26. The molecule has 0 saturated heterocycles. The third-order valence-electron chi connectivity index (χ3n) is 3.89. The van der Waals surface area contributed by atoms with E-state index in [0.717, 1.165) is 18.8 Å². The summed E-state index contributed by atoms with van der Waals surface area (Å²) in [5.41, 5.74) is 0.821. The second-order valence-electron chi connectivity index (χ2n) is 5.25. The predicted molar refractivity (Wildman–Crippen MR) is 59.1 cm³/mol. The Hall–Kier alpha value is -0.300. The van der Waals surface area contributed by atoms with Crippen LogP contribution in [-0.2, 0) is 0 Å². The maximum Gasteiger partial charge on any atom is 0.0831 e. The van der Waals surface area contributed by atoms with Crippen molar-refractivity contribution in [3.63, 3.8) is 0 Å². The van der Waals surface area contributed by atoms with Crippen molar-refractivity contribution in [3.05, 3.63) is 11.6 Å². The molecule has 1 atom stereocenters. The minimum Gasteiger partial charge on any atom is -0.386 e. The summed E-state index contributed by atoms with van der Waals surface area (Å²) in [6.07, 6.45) is 12.2. The molecule has 1 fully saturated rings. The Bertz CT molecular complexity index is 223. The summed E-state index contributed by atoms with van der Waals surface area (Å²) in [7, 11) is 0. The van der Waals surface area contributed by atoms with Crippen LogP contribution in [0.3, 0.4) is 0 Å². The van der Waals surface area contributed by atoms with Crippen LogP contribution in [0.1, 0.15) is 58.3 Å². The summed E-state index contributed by atoms with van der Waals surface area (Å²) in [4.78, 5) is 0. The molecule has 0 aromatic heterocycles. The summed E-state index contributed by atoms with van der Waals surface area (Å²) in [5.74, 6) is 0.799. The van der Waals surface area contributed by atoms with Crippen molar-refractivity contribution in [1.29, 1.82) is 0 Å². The van der Waals surface area contributed by atoms with Crippen molar-refractivity contribution in [2.75, 3.05) is 0 Å². The molecular weight excluding hydrogens is 172 g/mol. The molecule has 2 aliphatic carbocycles. The van der Waals surface area contributed by atoms with Gasteiger partial charge in [-0.15, -0.1) is 0 Å². The smallest absolute Gasteiger partial charge is 0.0831 e. The summed E-state index contributed by atoms with van der Waals surface area (Å²) in [6, 6.07) is 0. The van der Waals surface area contributed by atoms with Gasteiger partial charge in [-0.2, -0.15) is 0 Å². The highest BCUT2D eigenvalue weighted by Gasteiger charge is 2.32. The summed E-state index contributed by atoms with van der Waals surface area (Å²) in [6.45, 7) is 2.02. The zero-order chi connectivity index (χ0) is 10.0. The predicted octanol–water partition coefficient (Wildman–Crippen LogP) is 3.43. The molecule has 0 aromatic carbocycles. The van der Waals surface area contributed by atoms with E-state index in [1.54, 1.807) is 0 Å². The number of allylic oxidation sites excluding steroid dienone is 1. The first kappa shape index (κ1) is 10.2. The van der Waals surface area contributed by atoms with E-state index in [0.29, 0.717) is 0 Å². The van der Waals surface area contributed by atoms with Crippen molar-refractivity contribution in [3.8, 4) is 0 Å². The van der Waals surface area contributed by atoms with Gasteiger partial charge in [-0.05, 0) is 50.5 Å². The van der Waals surface area contributed by atoms with E-state index in [1.807, 2.05) is 6.92 Å². The van der Waals surface area contributed by atoms with Gasteiger partial charge in [0.25, 0.3) is 0 Å². The molecule has 1 nitrogen and oxygen atoms in total. The standard InChI is InChI=1S/C13H22O/c1-13(14,10-11-6-5-7-11)12-8-3-2-4-9-12/h8,11,14H,2-7,9-10H2,1H3. The van der Waals surface area contributed by atoms with Crippen LogP contribution in [0.2, 0.25) is 0 Å². The van der Waals surface area contributed by atoms with Crippen LogP contribution in [0.25, 0.3) is 0 Å². The van der Waals surface area contributed by atoms with Crippen LogP contribution in [0.15, 0.2) is 11.6 Å². The van der Waals surface area contributed by atoms with E-state index in [4.69, 9.17) is 0 Å². The summed E-state index contributed by atoms with van der Waals surface area (Å²) < 4.78 is 0. The molecule has 1 heteroatoms. The Morgan fingerprint density at radius 1 is 1.36 bits per heavy atom. The lowest BCUT2D eigenvalue weighted by Crippen LogP contribution is -2.33. The fourth-order valence-corrected chi connectivity index (χ4v) is 2.72. The number of rotatable bonds is 3. The summed E-state index contributed by atoms with van der Waals surface area (Å²) >= 11 is 0. The Kier molecular flexibility index (Phi) is 2.96. The van der Waals surface area contributed by atoms with Gasteiger partial charge >= 0.3 is 0 Å². The van der Waals surface area contributed by atoms with Crippen molar-refractivity contribution >= 4 is 0 Å². The quantitative estimate of drug-likeness (QED) is 0.682. The van der Waals surface area contributed by atoms with Gasteiger partial charge in [0.05, 0.1) is 5.60 Å². The molecule has 0 radical (unpaired) electrons. The summed E-state index contributed by atoms with van der Waals surface area (Å²) in [5, 5.41) is 10.4. The molecule has 1 N–H and O–H groups in total. The van der Waals surface area contributed by atoms with E-state index >= 15 is 0 Å². The Balaban J connectivity index is 1.94. The number of aliphatic hydroxyl groups is 1. The van der Waals surface area contributed by atoms with Gasteiger partial charge in [0.15, 0.2) is 0 Å². The molecule has 80 valence electrons. The van der Waals surface area contributed by atoms with Crippen LogP contribution in [-0.4, -0.2) is 10.7 Å². The average Bonchev–Trinajstić information content (AvgIpc) is 2.13. The van der Waals surface area contributed by atoms with E-state index < -0.39 is 5.60 Å². The highest BCUT2D eigenvalue weighted by Crippen LogP contribution is 2.38.